The summed E-state index contributed by atoms with van der Waals surface area (Å²) >= 11 is 0. The lowest BCUT2D eigenvalue weighted by atomic mass is 9.68. The van der Waals surface area contributed by atoms with Crippen molar-refractivity contribution < 1.29 is 4.57 Å². The Bertz CT molecular complexity index is 1040. The number of hydrogen-bond acceptors (Lipinski definition) is 0. The molecule has 1 aliphatic rings. The van der Waals surface area contributed by atoms with E-state index in [1.54, 1.807) is 0 Å². The number of fused-ring (bicyclic) bond motifs is 3. The van der Waals surface area contributed by atoms with Crippen LogP contribution in [0.4, 0.5) is 0 Å². The molecule has 0 saturated carbocycles. The van der Waals surface area contributed by atoms with Crippen LogP contribution >= 0.6 is 0 Å². The largest absolute Gasteiger partial charge is 0.213 e. The topological polar surface area (TPSA) is 3.88 Å². The van der Waals surface area contributed by atoms with Crippen LogP contribution in [0.25, 0.3) is 22.4 Å². The van der Waals surface area contributed by atoms with Gasteiger partial charge in [-0.05, 0) is 48.4 Å². The summed E-state index contributed by atoms with van der Waals surface area (Å²) in [6.45, 7) is 11.9. The van der Waals surface area contributed by atoms with Gasteiger partial charge in [-0.15, -0.1) is 0 Å². The molecule has 0 fully saturated rings. The monoisotopic (exact) mass is 412 g/mol. The van der Waals surface area contributed by atoms with Gasteiger partial charge in [0, 0.05) is 18.1 Å². The van der Waals surface area contributed by atoms with Gasteiger partial charge in [-0.3, -0.25) is 0 Å². The van der Waals surface area contributed by atoms with Gasteiger partial charge in [-0.25, -0.2) is 0 Å². The number of nitrogens with zero attached hydrogens (tertiary/aromatic N) is 1. The van der Waals surface area contributed by atoms with Crippen molar-refractivity contribution in [3.05, 3.63) is 78.0 Å². The molecule has 4 rings (SSSR count). The number of aromatic nitrogens is 1. The second-order valence-electron chi connectivity index (χ2n) is 9.58. The number of benzene rings is 2. The molecule has 0 spiro atoms. The lowest BCUT2D eigenvalue weighted by molar-refractivity contribution is -0.724. The molecule has 0 saturated heterocycles. The van der Waals surface area contributed by atoms with Crippen molar-refractivity contribution in [1.82, 2.24) is 0 Å². The highest BCUT2D eigenvalue weighted by Crippen LogP contribution is 2.47. The minimum Gasteiger partial charge on any atom is -0.194 e. The zero-order valence-corrected chi connectivity index (χ0v) is 20.0. The zero-order valence-electron chi connectivity index (χ0n) is 20.0. The molecule has 2 aromatic carbocycles. The molecule has 0 bridgehead atoms. The van der Waals surface area contributed by atoms with Crippen LogP contribution in [0.5, 0.6) is 0 Å². The molecule has 1 aromatic heterocycles. The van der Waals surface area contributed by atoms with Crippen LogP contribution in [-0.4, -0.2) is 0 Å². The van der Waals surface area contributed by atoms with Crippen LogP contribution < -0.4 is 4.57 Å². The average Bonchev–Trinajstić information content (AvgIpc) is 2.82. The Hall–Kier alpha value is -2.41. The average molecular weight is 413 g/mol. The highest BCUT2D eigenvalue weighted by Gasteiger charge is 2.47. The van der Waals surface area contributed by atoms with Gasteiger partial charge in [0.15, 0.2) is 12.2 Å². The van der Waals surface area contributed by atoms with E-state index in [-0.39, 0.29) is 5.41 Å². The van der Waals surface area contributed by atoms with Gasteiger partial charge in [0.1, 0.15) is 0 Å². The van der Waals surface area contributed by atoms with E-state index in [1.165, 1.54) is 52.8 Å². The fourth-order valence-electron chi connectivity index (χ4n) is 5.75. The minimum absolute atomic E-state index is 0.145. The number of hydrogen-bond donors (Lipinski definition) is 0. The van der Waals surface area contributed by atoms with Crippen molar-refractivity contribution in [2.45, 2.75) is 84.1 Å². The van der Waals surface area contributed by atoms with Gasteiger partial charge in [-0.2, -0.15) is 4.57 Å². The van der Waals surface area contributed by atoms with E-state index in [2.05, 4.69) is 106 Å². The highest BCUT2D eigenvalue weighted by molar-refractivity contribution is 5.72. The Morgan fingerprint density at radius 1 is 0.935 bits per heavy atom. The molecule has 1 aliphatic heterocycles. The Balaban J connectivity index is 2.00. The molecule has 2 heterocycles. The fourth-order valence-corrected chi connectivity index (χ4v) is 5.75. The maximum Gasteiger partial charge on any atom is 0.213 e. The third-order valence-corrected chi connectivity index (χ3v) is 7.77. The lowest BCUT2D eigenvalue weighted by Crippen LogP contribution is -2.54. The van der Waals surface area contributed by atoms with E-state index in [0.717, 1.165) is 12.8 Å². The second-order valence-corrected chi connectivity index (χ2v) is 9.58. The predicted molar refractivity (Wildman–Crippen MR) is 132 cm³/mol. The molecular weight excluding hydrogens is 374 g/mol. The van der Waals surface area contributed by atoms with Crippen LogP contribution in [0, 0.1) is 0 Å². The normalized spacial score (nSPS) is 20.7. The number of unbranched alkanes of at least 4 members (excludes halogenated alkanes) is 1. The van der Waals surface area contributed by atoms with Crippen molar-refractivity contribution in [3.63, 3.8) is 0 Å². The fraction of sp³-hybridized carbons (Fsp3) is 0.433. The summed E-state index contributed by atoms with van der Waals surface area (Å²) in [6, 6.07) is 23.1. The van der Waals surface area contributed by atoms with E-state index in [4.69, 9.17) is 0 Å². The van der Waals surface area contributed by atoms with E-state index in [9.17, 15) is 0 Å². The molecule has 3 atom stereocenters. The lowest BCUT2D eigenvalue weighted by Gasteiger charge is -2.39. The molecule has 0 amide bonds. The van der Waals surface area contributed by atoms with Crippen molar-refractivity contribution in [3.8, 4) is 22.4 Å². The van der Waals surface area contributed by atoms with Crippen molar-refractivity contribution in [2.75, 3.05) is 0 Å². The summed E-state index contributed by atoms with van der Waals surface area (Å²) in [7, 11) is 0. The van der Waals surface area contributed by atoms with E-state index in [0.29, 0.717) is 12.0 Å². The third kappa shape index (κ3) is 3.73. The van der Waals surface area contributed by atoms with Gasteiger partial charge < -0.3 is 0 Å². The number of pyridine rings is 1. The first kappa shape index (κ1) is 21.8. The minimum atomic E-state index is 0.145. The molecular formula is C30H38N+. The summed E-state index contributed by atoms with van der Waals surface area (Å²) in [4.78, 5) is 0. The Labute approximate surface area is 189 Å². The summed E-state index contributed by atoms with van der Waals surface area (Å²) in [6.07, 6.45) is 8.54. The SMILES string of the molecule is CCCCC(C)c1cc2[n+](cc1-c1ccccc1)C(CC)C(C)(CC)c1ccccc1-2. The van der Waals surface area contributed by atoms with Gasteiger partial charge in [0.25, 0.3) is 0 Å². The van der Waals surface area contributed by atoms with Crippen molar-refractivity contribution in [2.24, 2.45) is 0 Å². The summed E-state index contributed by atoms with van der Waals surface area (Å²) in [5.41, 5.74) is 8.71. The van der Waals surface area contributed by atoms with E-state index >= 15 is 0 Å². The molecule has 0 N–H and O–H groups in total. The second kappa shape index (κ2) is 8.99. The summed E-state index contributed by atoms with van der Waals surface area (Å²) in [5, 5.41) is 0. The van der Waals surface area contributed by atoms with Crippen molar-refractivity contribution in [1.29, 1.82) is 0 Å². The van der Waals surface area contributed by atoms with Gasteiger partial charge in [-0.1, -0.05) is 89.1 Å². The molecule has 162 valence electrons. The molecule has 0 radical (unpaired) electrons. The Kier molecular flexibility index (Phi) is 6.32. The summed E-state index contributed by atoms with van der Waals surface area (Å²) in [5.74, 6) is 0.549. The van der Waals surface area contributed by atoms with Crippen LogP contribution in [0.2, 0.25) is 0 Å². The van der Waals surface area contributed by atoms with Gasteiger partial charge >= 0.3 is 0 Å². The van der Waals surface area contributed by atoms with Crippen LogP contribution in [0.1, 0.15) is 89.8 Å². The smallest absolute Gasteiger partial charge is 0.194 e. The molecule has 1 nitrogen and oxygen atoms in total. The van der Waals surface area contributed by atoms with Crippen molar-refractivity contribution >= 4 is 0 Å². The van der Waals surface area contributed by atoms with Gasteiger partial charge in [0.2, 0.25) is 5.69 Å². The van der Waals surface area contributed by atoms with Gasteiger partial charge in [0.05, 0.1) is 11.0 Å². The first-order valence-electron chi connectivity index (χ1n) is 12.3. The van der Waals surface area contributed by atoms with E-state index < -0.39 is 0 Å². The third-order valence-electron chi connectivity index (χ3n) is 7.77. The zero-order chi connectivity index (χ0) is 22.0. The first-order valence-corrected chi connectivity index (χ1v) is 12.3. The van der Waals surface area contributed by atoms with Crippen LogP contribution in [-0.2, 0) is 5.41 Å². The predicted octanol–water partition coefficient (Wildman–Crippen LogP) is 8.23. The standard InChI is InChI=1S/C30H38N/c1-6-9-15-22(4)25-20-28-24-18-13-14-19-27(24)30(5,8-3)29(7-2)31(28)21-26(25)23-16-11-10-12-17-23/h10-14,16-22,29H,6-9,15H2,1-5H3/q+1. The quantitative estimate of drug-likeness (QED) is 0.344. The van der Waals surface area contributed by atoms with Crippen LogP contribution in [0.3, 0.4) is 0 Å². The first-order chi connectivity index (χ1) is 15.0. The molecule has 3 unspecified atom stereocenters. The maximum absolute atomic E-state index is 2.62. The Morgan fingerprint density at radius 2 is 1.65 bits per heavy atom. The molecule has 1 heteroatoms. The van der Waals surface area contributed by atoms with Crippen LogP contribution in [0.15, 0.2) is 66.9 Å². The highest BCUT2D eigenvalue weighted by atomic mass is 15.0. The Morgan fingerprint density at radius 3 is 2.32 bits per heavy atom. The molecule has 3 aromatic rings. The van der Waals surface area contributed by atoms with E-state index in [1.807, 2.05) is 0 Å². The maximum atomic E-state index is 2.62. The summed E-state index contributed by atoms with van der Waals surface area (Å²) < 4.78 is 2.62. The molecule has 31 heavy (non-hydrogen) atoms. The molecule has 0 aliphatic carbocycles. The number of rotatable bonds is 7.